The smallest absolute Gasteiger partial charge is 0.138 e. The molecule has 0 N–H and O–H groups in total. The number of nitrogens with zero attached hydrogens (tertiary/aromatic N) is 1. The Balaban J connectivity index is 2.07. The average molecular weight is 227 g/mol. The summed E-state index contributed by atoms with van der Waals surface area (Å²) in [6.45, 7) is 0.528. The molecule has 3 heteroatoms. The molecule has 1 aromatic heterocycles. The van der Waals surface area contributed by atoms with Gasteiger partial charge in [-0.1, -0.05) is 18.2 Å². The summed E-state index contributed by atoms with van der Waals surface area (Å²) >= 11 is 0. The van der Waals surface area contributed by atoms with E-state index >= 15 is 0 Å². The minimum Gasteiger partial charge on any atom is -0.373 e. The number of hydrogen-bond acceptors (Lipinski definition) is 3. The van der Waals surface area contributed by atoms with Gasteiger partial charge in [0.15, 0.2) is 0 Å². The van der Waals surface area contributed by atoms with E-state index in [2.05, 4.69) is 4.98 Å². The molecule has 0 spiro atoms. The number of carbonyl (C=O) groups is 1. The molecule has 3 rings (SSSR count). The van der Waals surface area contributed by atoms with Gasteiger partial charge in [0.25, 0.3) is 0 Å². The molecule has 1 unspecified atom stereocenters. The highest BCUT2D eigenvalue weighted by Gasteiger charge is 2.23. The van der Waals surface area contributed by atoms with Crippen LogP contribution >= 0.6 is 0 Å². The van der Waals surface area contributed by atoms with E-state index in [4.69, 9.17) is 4.74 Å². The summed E-state index contributed by atoms with van der Waals surface area (Å²) in [7, 11) is 0. The zero-order chi connectivity index (χ0) is 11.7. The molecule has 1 atom stereocenters. The van der Waals surface area contributed by atoms with E-state index < -0.39 is 0 Å². The zero-order valence-electron chi connectivity index (χ0n) is 9.43. The minimum atomic E-state index is -0.107. The van der Waals surface area contributed by atoms with Gasteiger partial charge < -0.3 is 4.74 Å². The fraction of sp³-hybridized carbons (Fsp3) is 0.286. The normalized spacial score (nSPS) is 20.7. The predicted molar refractivity (Wildman–Crippen MR) is 64.7 cm³/mol. The molecule has 0 radical (unpaired) electrons. The summed E-state index contributed by atoms with van der Waals surface area (Å²) in [6.07, 6.45) is 2.69. The van der Waals surface area contributed by atoms with Gasteiger partial charge in [-0.25, -0.2) is 0 Å². The van der Waals surface area contributed by atoms with Crippen LogP contribution in [0, 0.1) is 0 Å². The molecule has 1 aromatic carbocycles. The maximum absolute atomic E-state index is 11.5. The molecule has 1 aliphatic heterocycles. The molecule has 1 fully saturated rings. The number of benzene rings is 1. The van der Waals surface area contributed by atoms with Crippen molar-refractivity contribution in [1.82, 2.24) is 4.98 Å². The minimum absolute atomic E-state index is 0.107. The second-order valence-corrected chi connectivity index (χ2v) is 4.27. The van der Waals surface area contributed by atoms with Gasteiger partial charge in [0.2, 0.25) is 0 Å². The maximum atomic E-state index is 11.5. The van der Waals surface area contributed by atoms with E-state index in [-0.39, 0.29) is 11.9 Å². The van der Waals surface area contributed by atoms with Gasteiger partial charge >= 0.3 is 0 Å². The number of pyridine rings is 1. The number of ether oxygens (including phenoxy) is 1. The van der Waals surface area contributed by atoms with Crippen LogP contribution in [0.1, 0.15) is 24.5 Å². The number of aromatic nitrogens is 1. The summed E-state index contributed by atoms with van der Waals surface area (Å²) in [5.74, 6) is 0.280. The largest absolute Gasteiger partial charge is 0.373 e. The highest BCUT2D eigenvalue weighted by Crippen LogP contribution is 2.30. The first kappa shape index (κ1) is 10.4. The summed E-state index contributed by atoms with van der Waals surface area (Å²) in [4.78, 5) is 15.8. The van der Waals surface area contributed by atoms with Gasteiger partial charge in [-0.3, -0.25) is 9.78 Å². The second-order valence-electron chi connectivity index (χ2n) is 4.27. The SMILES string of the molecule is O=C1CCOC(c2cccc3ncccc23)C1. The Labute approximate surface area is 99.4 Å². The third-order valence-electron chi connectivity index (χ3n) is 3.14. The molecule has 1 saturated heterocycles. The molecule has 17 heavy (non-hydrogen) atoms. The van der Waals surface area contributed by atoms with E-state index in [1.54, 1.807) is 6.20 Å². The van der Waals surface area contributed by atoms with E-state index in [1.807, 2.05) is 30.3 Å². The lowest BCUT2D eigenvalue weighted by atomic mass is 9.97. The molecule has 1 aliphatic rings. The molecule has 0 bridgehead atoms. The van der Waals surface area contributed by atoms with Crippen molar-refractivity contribution in [3.8, 4) is 0 Å². The number of hydrogen-bond donors (Lipinski definition) is 0. The van der Waals surface area contributed by atoms with Crippen molar-refractivity contribution in [2.24, 2.45) is 0 Å². The van der Waals surface area contributed by atoms with Gasteiger partial charge in [-0.2, -0.15) is 0 Å². The Kier molecular flexibility index (Phi) is 2.61. The lowest BCUT2D eigenvalue weighted by Gasteiger charge is -2.23. The summed E-state index contributed by atoms with van der Waals surface area (Å²) < 4.78 is 5.69. The Morgan fingerprint density at radius 2 is 2.18 bits per heavy atom. The third-order valence-corrected chi connectivity index (χ3v) is 3.14. The van der Waals surface area contributed by atoms with Crippen molar-refractivity contribution in [3.05, 3.63) is 42.1 Å². The fourth-order valence-corrected chi connectivity index (χ4v) is 2.29. The van der Waals surface area contributed by atoms with E-state index in [0.29, 0.717) is 19.4 Å². The molecule has 86 valence electrons. The van der Waals surface area contributed by atoms with Crippen LogP contribution in [0.4, 0.5) is 0 Å². The summed E-state index contributed by atoms with van der Waals surface area (Å²) in [6, 6.07) is 9.90. The van der Waals surface area contributed by atoms with Crippen LogP contribution < -0.4 is 0 Å². The topological polar surface area (TPSA) is 39.2 Å². The van der Waals surface area contributed by atoms with E-state index in [0.717, 1.165) is 16.5 Å². The molecule has 2 heterocycles. The first-order valence-electron chi connectivity index (χ1n) is 5.81. The fourth-order valence-electron chi connectivity index (χ4n) is 2.29. The zero-order valence-corrected chi connectivity index (χ0v) is 9.43. The highest BCUT2D eigenvalue weighted by molar-refractivity contribution is 5.84. The monoisotopic (exact) mass is 227 g/mol. The van der Waals surface area contributed by atoms with E-state index in [1.165, 1.54) is 0 Å². The van der Waals surface area contributed by atoms with Crippen molar-refractivity contribution in [3.63, 3.8) is 0 Å². The quantitative estimate of drug-likeness (QED) is 0.751. The highest BCUT2D eigenvalue weighted by atomic mass is 16.5. The van der Waals surface area contributed by atoms with Crippen molar-refractivity contribution < 1.29 is 9.53 Å². The molecule has 0 amide bonds. The second kappa shape index (κ2) is 4.26. The molecule has 0 aliphatic carbocycles. The standard InChI is InChI=1S/C14H13NO2/c16-10-6-8-17-14(9-10)12-3-1-5-13-11(12)4-2-7-15-13/h1-5,7,14H,6,8-9H2. The van der Waals surface area contributed by atoms with Gasteiger partial charge in [0.05, 0.1) is 18.2 Å². The van der Waals surface area contributed by atoms with Crippen LogP contribution in [-0.4, -0.2) is 17.4 Å². The average Bonchev–Trinajstić information content (AvgIpc) is 2.38. The number of fused-ring (bicyclic) bond motifs is 1. The first-order valence-corrected chi connectivity index (χ1v) is 5.81. The lowest BCUT2D eigenvalue weighted by molar-refractivity contribution is -0.128. The van der Waals surface area contributed by atoms with Gasteiger partial charge in [0.1, 0.15) is 5.78 Å². The summed E-state index contributed by atoms with van der Waals surface area (Å²) in [5, 5.41) is 1.08. The van der Waals surface area contributed by atoms with Crippen molar-refractivity contribution in [2.45, 2.75) is 18.9 Å². The van der Waals surface area contributed by atoms with Gasteiger partial charge in [-0.05, 0) is 17.7 Å². The lowest BCUT2D eigenvalue weighted by Crippen LogP contribution is -2.19. The number of Topliss-reactive ketones (excluding diaryl/α,β-unsaturated/α-hetero) is 1. The number of rotatable bonds is 1. The summed E-state index contributed by atoms with van der Waals surface area (Å²) in [5.41, 5.74) is 2.02. The van der Waals surface area contributed by atoms with Crippen molar-refractivity contribution in [2.75, 3.05) is 6.61 Å². The first-order chi connectivity index (χ1) is 8.34. The Hall–Kier alpha value is -1.74. The Morgan fingerprint density at radius 1 is 1.24 bits per heavy atom. The van der Waals surface area contributed by atoms with Crippen LogP contribution in [0.15, 0.2) is 36.5 Å². The van der Waals surface area contributed by atoms with Crippen molar-refractivity contribution in [1.29, 1.82) is 0 Å². The van der Waals surface area contributed by atoms with Crippen LogP contribution in [-0.2, 0) is 9.53 Å². The maximum Gasteiger partial charge on any atom is 0.138 e. The molecule has 2 aromatic rings. The van der Waals surface area contributed by atoms with Gasteiger partial charge in [-0.15, -0.1) is 0 Å². The molecule has 3 nitrogen and oxygen atoms in total. The predicted octanol–water partition coefficient (Wildman–Crippen LogP) is 2.66. The number of carbonyl (C=O) groups excluding carboxylic acids is 1. The van der Waals surface area contributed by atoms with E-state index in [9.17, 15) is 4.79 Å². The molecular weight excluding hydrogens is 214 g/mol. The molecule has 0 saturated carbocycles. The number of ketones is 1. The van der Waals surface area contributed by atoms with Gasteiger partial charge in [0, 0.05) is 24.4 Å². The van der Waals surface area contributed by atoms with Crippen LogP contribution in [0.5, 0.6) is 0 Å². The van der Waals surface area contributed by atoms with Crippen LogP contribution in [0.25, 0.3) is 10.9 Å². The van der Waals surface area contributed by atoms with Crippen molar-refractivity contribution >= 4 is 16.7 Å². The Bertz CT molecular complexity index is 560. The molecular formula is C14H13NO2. The third kappa shape index (κ3) is 1.94. The van der Waals surface area contributed by atoms with Crippen LogP contribution in [0.3, 0.4) is 0 Å². The van der Waals surface area contributed by atoms with Crippen LogP contribution in [0.2, 0.25) is 0 Å². The Morgan fingerprint density at radius 3 is 3.06 bits per heavy atom.